The molecule has 8 nitrogen and oxygen atoms in total. The molecular weight excluding hydrogens is 354 g/mol. The summed E-state index contributed by atoms with van der Waals surface area (Å²) in [5, 5.41) is 18.1. The maximum atomic E-state index is 9.50. The zero-order valence-corrected chi connectivity index (χ0v) is 15.4. The number of hydrogen-bond donors (Lipinski definition) is 1. The average molecular weight is 371 g/mol. The van der Waals surface area contributed by atoms with E-state index in [1.807, 2.05) is 49.8 Å². The molecule has 0 saturated carbocycles. The molecule has 0 spiro atoms. The fourth-order valence-electron chi connectivity index (χ4n) is 2.95. The molecule has 28 heavy (non-hydrogen) atoms. The Bertz CT molecular complexity index is 1180. The fourth-order valence-corrected chi connectivity index (χ4v) is 2.95. The minimum Gasteiger partial charge on any atom is -0.497 e. The van der Waals surface area contributed by atoms with Gasteiger partial charge >= 0.3 is 0 Å². The first kappa shape index (κ1) is 17.3. The maximum Gasteiger partial charge on any atom is 0.142 e. The number of rotatable bonds is 4. The number of methoxy groups -OCH3 is 1. The van der Waals surface area contributed by atoms with Crippen molar-refractivity contribution in [2.24, 2.45) is 7.05 Å². The van der Waals surface area contributed by atoms with Gasteiger partial charge < -0.3 is 10.5 Å². The van der Waals surface area contributed by atoms with Crippen LogP contribution in [0.5, 0.6) is 5.75 Å². The van der Waals surface area contributed by atoms with Crippen molar-refractivity contribution in [3.63, 3.8) is 0 Å². The minimum atomic E-state index is 0.177. The van der Waals surface area contributed by atoms with E-state index in [4.69, 9.17) is 10.5 Å². The van der Waals surface area contributed by atoms with Crippen molar-refractivity contribution in [3.05, 3.63) is 60.7 Å². The van der Waals surface area contributed by atoms with Gasteiger partial charge in [-0.25, -0.2) is 9.67 Å². The minimum absolute atomic E-state index is 0.177. The molecule has 8 heteroatoms. The molecule has 0 fully saturated rings. The molecule has 0 atom stereocenters. The Morgan fingerprint density at radius 1 is 1.07 bits per heavy atom. The van der Waals surface area contributed by atoms with E-state index >= 15 is 0 Å². The van der Waals surface area contributed by atoms with Crippen molar-refractivity contribution in [2.75, 3.05) is 12.8 Å². The first-order chi connectivity index (χ1) is 13.6. The van der Waals surface area contributed by atoms with E-state index in [0.29, 0.717) is 16.8 Å². The zero-order valence-electron chi connectivity index (χ0n) is 15.4. The highest BCUT2D eigenvalue weighted by atomic mass is 16.5. The normalized spacial score (nSPS) is 10.6. The predicted octanol–water partition coefficient (Wildman–Crippen LogP) is 2.80. The third-order valence-electron chi connectivity index (χ3n) is 4.39. The Labute approximate surface area is 161 Å². The topological polar surface area (TPSA) is 108 Å². The van der Waals surface area contributed by atoms with Crippen LogP contribution >= 0.6 is 0 Å². The number of ether oxygens (including phenoxy) is 1. The SMILES string of the molecule is COc1ccc(-n2cc(-c3cc(-c4cnn(C)c4)c(C#N)c(N)n3)cn2)cc1. The molecule has 0 aliphatic heterocycles. The molecule has 0 amide bonds. The van der Waals surface area contributed by atoms with Gasteiger partial charge in [-0.2, -0.15) is 15.5 Å². The number of nitrogen functional groups attached to an aromatic ring is 1. The maximum absolute atomic E-state index is 9.50. The zero-order chi connectivity index (χ0) is 19.7. The van der Waals surface area contributed by atoms with Crippen LogP contribution in [0.1, 0.15) is 5.56 Å². The number of aryl methyl sites for hydroxylation is 1. The van der Waals surface area contributed by atoms with Gasteiger partial charge in [0.2, 0.25) is 0 Å². The summed E-state index contributed by atoms with van der Waals surface area (Å²) in [5.74, 6) is 0.954. The third kappa shape index (κ3) is 3.05. The summed E-state index contributed by atoms with van der Waals surface area (Å²) in [6.45, 7) is 0. The summed E-state index contributed by atoms with van der Waals surface area (Å²) in [5.41, 5.74) is 10.2. The number of benzene rings is 1. The van der Waals surface area contributed by atoms with Gasteiger partial charge in [0.25, 0.3) is 0 Å². The van der Waals surface area contributed by atoms with Crippen LogP contribution < -0.4 is 10.5 Å². The van der Waals surface area contributed by atoms with Gasteiger partial charge in [-0.05, 0) is 30.3 Å². The van der Waals surface area contributed by atoms with E-state index in [1.54, 1.807) is 28.9 Å². The summed E-state index contributed by atoms with van der Waals surface area (Å²) in [6, 6.07) is 11.5. The van der Waals surface area contributed by atoms with Crippen LogP contribution in [0.3, 0.4) is 0 Å². The van der Waals surface area contributed by atoms with E-state index in [0.717, 1.165) is 22.6 Å². The monoisotopic (exact) mass is 371 g/mol. The first-order valence-corrected chi connectivity index (χ1v) is 8.48. The van der Waals surface area contributed by atoms with Crippen molar-refractivity contribution in [1.82, 2.24) is 24.5 Å². The molecular formula is C20H17N7O. The van der Waals surface area contributed by atoms with E-state index in [1.165, 1.54) is 0 Å². The smallest absolute Gasteiger partial charge is 0.142 e. The Balaban J connectivity index is 1.76. The molecule has 3 aromatic heterocycles. The standard InChI is InChI=1S/C20H17N7O/c1-26-11-13(9-23-26)17-7-19(25-20(22)18(17)8-21)14-10-24-27(12-14)15-3-5-16(28-2)6-4-15/h3-7,9-12H,1-2H3,(H2,22,25). The molecule has 0 saturated heterocycles. The molecule has 0 radical (unpaired) electrons. The average Bonchev–Trinajstić information content (AvgIpc) is 3.37. The highest BCUT2D eigenvalue weighted by molar-refractivity contribution is 5.79. The van der Waals surface area contributed by atoms with Crippen LogP contribution in [0.2, 0.25) is 0 Å². The van der Waals surface area contributed by atoms with Crippen molar-refractivity contribution in [2.45, 2.75) is 0 Å². The van der Waals surface area contributed by atoms with Gasteiger partial charge in [0.05, 0.1) is 30.9 Å². The molecule has 138 valence electrons. The van der Waals surface area contributed by atoms with Crippen LogP contribution in [-0.4, -0.2) is 31.7 Å². The van der Waals surface area contributed by atoms with Crippen LogP contribution in [0, 0.1) is 11.3 Å². The molecule has 2 N–H and O–H groups in total. The Hall–Kier alpha value is -4.12. The van der Waals surface area contributed by atoms with Crippen molar-refractivity contribution in [1.29, 1.82) is 5.26 Å². The van der Waals surface area contributed by atoms with Crippen LogP contribution in [-0.2, 0) is 7.05 Å². The van der Waals surface area contributed by atoms with Gasteiger partial charge in [0.1, 0.15) is 23.2 Å². The van der Waals surface area contributed by atoms with E-state index in [2.05, 4.69) is 21.3 Å². The number of nitriles is 1. The summed E-state index contributed by atoms with van der Waals surface area (Å²) >= 11 is 0. The second kappa shape index (κ2) is 6.89. The second-order valence-corrected chi connectivity index (χ2v) is 6.20. The summed E-state index contributed by atoms with van der Waals surface area (Å²) in [7, 11) is 3.45. The first-order valence-electron chi connectivity index (χ1n) is 8.48. The molecule has 0 aliphatic rings. The second-order valence-electron chi connectivity index (χ2n) is 6.20. The Morgan fingerprint density at radius 2 is 1.82 bits per heavy atom. The lowest BCUT2D eigenvalue weighted by atomic mass is 10.0. The Kier molecular flexibility index (Phi) is 4.26. The Morgan fingerprint density at radius 3 is 2.46 bits per heavy atom. The van der Waals surface area contributed by atoms with Crippen molar-refractivity contribution >= 4 is 5.82 Å². The molecule has 4 aromatic rings. The summed E-state index contributed by atoms with van der Waals surface area (Å²) < 4.78 is 8.60. The van der Waals surface area contributed by atoms with Gasteiger partial charge in [-0.1, -0.05) is 0 Å². The van der Waals surface area contributed by atoms with Crippen molar-refractivity contribution in [3.8, 4) is 39.9 Å². The number of nitrogens with two attached hydrogens (primary N) is 1. The summed E-state index contributed by atoms with van der Waals surface area (Å²) in [6.07, 6.45) is 7.11. The molecule has 0 bridgehead atoms. The van der Waals surface area contributed by atoms with E-state index < -0.39 is 0 Å². The van der Waals surface area contributed by atoms with Crippen LogP contribution in [0.4, 0.5) is 5.82 Å². The molecule has 0 unspecified atom stereocenters. The molecule has 0 aliphatic carbocycles. The number of anilines is 1. The lowest BCUT2D eigenvalue weighted by molar-refractivity contribution is 0.414. The quantitative estimate of drug-likeness (QED) is 0.591. The molecule has 4 rings (SSSR count). The van der Waals surface area contributed by atoms with Crippen LogP contribution in [0.15, 0.2) is 55.1 Å². The van der Waals surface area contributed by atoms with Gasteiger partial charge in [0, 0.05) is 36.1 Å². The lowest BCUT2D eigenvalue weighted by Gasteiger charge is -2.07. The van der Waals surface area contributed by atoms with Crippen molar-refractivity contribution < 1.29 is 4.74 Å². The van der Waals surface area contributed by atoms with Gasteiger partial charge in [-0.3, -0.25) is 4.68 Å². The highest BCUT2D eigenvalue weighted by Gasteiger charge is 2.15. The predicted molar refractivity (Wildman–Crippen MR) is 105 cm³/mol. The number of hydrogen-bond acceptors (Lipinski definition) is 6. The van der Waals surface area contributed by atoms with Gasteiger partial charge in [0.15, 0.2) is 0 Å². The third-order valence-corrected chi connectivity index (χ3v) is 4.39. The largest absolute Gasteiger partial charge is 0.497 e. The highest BCUT2D eigenvalue weighted by Crippen LogP contribution is 2.31. The number of pyridine rings is 1. The van der Waals surface area contributed by atoms with Crippen LogP contribution in [0.25, 0.3) is 28.1 Å². The molecule has 1 aromatic carbocycles. The van der Waals surface area contributed by atoms with E-state index in [9.17, 15) is 5.26 Å². The number of aromatic nitrogens is 5. The van der Waals surface area contributed by atoms with Gasteiger partial charge in [-0.15, -0.1) is 0 Å². The lowest BCUT2D eigenvalue weighted by Crippen LogP contribution is -1.99. The number of nitrogens with zero attached hydrogens (tertiary/aromatic N) is 6. The molecule has 3 heterocycles. The summed E-state index contributed by atoms with van der Waals surface area (Å²) in [4.78, 5) is 4.40. The fraction of sp³-hybridized carbons (Fsp3) is 0.100. The van der Waals surface area contributed by atoms with E-state index in [-0.39, 0.29) is 5.82 Å².